The van der Waals surface area contributed by atoms with Crippen molar-refractivity contribution in [3.05, 3.63) is 16.5 Å². The van der Waals surface area contributed by atoms with Gasteiger partial charge < -0.3 is 10.6 Å². The predicted molar refractivity (Wildman–Crippen MR) is 59.2 cm³/mol. The highest BCUT2D eigenvalue weighted by Gasteiger charge is 2.11. The van der Waals surface area contributed by atoms with Gasteiger partial charge in [-0.15, -0.1) is 0 Å². The monoisotopic (exact) mass is 248 g/mol. The van der Waals surface area contributed by atoms with Crippen molar-refractivity contribution in [1.82, 2.24) is 15.3 Å². The number of amides is 1. The van der Waals surface area contributed by atoms with E-state index in [1.807, 2.05) is 0 Å². The summed E-state index contributed by atoms with van der Waals surface area (Å²) >= 11 is 11.2. The van der Waals surface area contributed by atoms with Crippen LogP contribution in [-0.4, -0.2) is 29.0 Å². The fourth-order valence-electron chi connectivity index (χ4n) is 0.820. The third kappa shape index (κ3) is 3.62. The molecule has 5 nitrogen and oxygen atoms in total. The molecule has 0 aliphatic heterocycles. The molecule has 1 heterocycles. The summed E-state index contributed by atoms with van der Waals surface area (Å²) in [5.74, 6) is 0.0652. The lowest BCUT2D eigenvalue weighted by atomic mass is 10.3. The number of aromatic nitrogens is 2. The molecule has 0 radical (unpaired) electrons. The number of anilines is 1. The SMILES string of the molecule is CNC(C)C(=O)Nc1cc(Cl)nc(Cl)n1. The molecule has 15 heavy (non-hydrogen) atoms. The van der Waals surface area contributed by atoms with E-state index in [1.165, 1.54) is 6.07 Å². The van der Waals surface area contributed by atoms with Crippen LogP contribution in [0.2, 0.25) is 10.4 Å². The number of nitrogens with one attached hydrogen (secondary N) is 2. The minimum atomic E-state index is -0.322. The number of carbonyl (C=O) groups is 1. The fourth-order valence-corrected chi connectivity index (χ4v) is 1.23. The van der Waals surface area contributed by atoms with Crippen LogP contribution in [0.5, 0.6) is 0 Å². The Kier molecular flexibility index (Phi) is 4.26. The van der Waals surface area contributed by atoms with Crippen molar-refractivity contribution in [2.24, 2.45) is 0 Å². The minimum absolute atomic E-state index is 0.00471. The zero-order chi connectivity index (χ0) is 11.4. The average molecular weight is 249 g/mol. The molecule has 0 bridgehead atoms. The molecular formula is C8H10Cl2N4O. The number of rotatable bonds is 3. The Labute approximate surface area is 97.2 Å². The van der Waals surface area contributed by atoms with Crippen LogP contribution in [0.15, 0.2) is 6.07 Å². The molecule has 0 fully saturated rings. The molecule has 0 aliphatic carbocycles. The molecule has 1 aromatic heterocycles. The second-order valence-corrected chi connectivity index (χ2v) is 3.57. The van der Waals surface area contributed by atoms with Gasteiger partial charge in [-0.05, 0) is 25.6 Å². The Hall–Kier alpha value is -0.910. The molecule has 0 saturated carbocycles. The highest BCUT2D eigenvalue weighted by atomic mass is 35.5. The topological polar surface area (TPSA) is 66.9 Å². The second kappa shape index (κ2) is 5.25. The number of halogens is 2. The first-order valence-corrected chi connectivity index (χ1v) is 4.96. The third-order valence-corrected chi connectivity index (χ3v) is 2.11. The van der Waals surface area contributed by atoms with Gasteiger partial charge in [-0.1, -0.05) is 11.6 Å². The molecule has 1 aromatic rings. The number of carbonyl (C=O) groups excluding carboxylic acids is 1. The Morgan fingerprint density at radius 2 is 2.13 bits per heavy atom. The van der Waals surface area contributed by atoms with Crippen LogP contribution < -0.4 is 10.6 Å². The summed E-state index contributed by atoms with van der Waals surface area (Å²) in [7, 11) is 1.68. The van der Waals surface area contributed by atoms with Crippen LogP contribution in [0.25, 0.3) is 0 Å². The van der Waals surface area contributed by atoms with Crippen LogP contribution in [0.3, 0.4) is 0 Å². The van der Waals surface area contributed by atoms with Gasteiger partial charge in [0.05, 0.1) is 6.04 Å². The molecule has 0 saturated heterocycles. The summed E-state index contributed by atoms with van der Waals surface area (Å²) in [4.78, 5) is 18.9. The number of nitrogens with zero attached hydrogens (tertiary/aromatic N) is 2. The highest BCUT2D eigenvalue weighted by molar-refractivity contribution is 6.32. The number of hydrogen-bond donors (Lipinski definition) is 2. The molecule has 1 rings (SSSR count). The van der Waals surface area contributed by atoms with E-state index in [0.717, 1.165) is 0 Å². The zero-order valence-electron chi connectivity index (χ0n) is 8.21. The molecule has 1 unspecified atom stereocenters. The fraction of sp³-hybridized carbons (Fsp3) is 0.375. The van der Waals surface area contributed by atoms with E-state index < -0.39 is 0 Å². The van der Waals surface area contributed by atoms with Gasteiger partial charge in [0.2, 0.25) is 11.2 Å². The lowest BCUT2D eigenvalue weighted by Gasteiger charge is -2.10. The summed E-state index contributed by atoms with van der Waals surface area (Å²) in [5, 5.41) is 5.52. The van der Waals surface area contributed by atoms with Crippen molar-refractivity contribution >= 4 is 34.9 Å². The molecular weight excluding hydrogens is 239 g/mol. The summed E-state index contributed by atoms with van der Waals surface area (Å²) in [6.45, 7) is 1.72. The van der Waals surface area contributed by atoms with E-state index in [2.05, 4.69) is 20.6 Å². The molecule has 0 aliphatic rings. The van der Waals surface area contributed by atoms with E-state index in [-0.39, 0.29) is 28.2 Å². The van der Waals surface area contributed by atoms with Gasteiger partial charge >= 0.3 is 0 Å². The second-order valence-electron chi connectivity index (χ2n) is 2.84. The van der Waals surface area contributed by atoms with E-state index in [0.29, 0.717) is 0 Å². The lowest BCUT2D eigenvalue weighted by molar-refractivity contribution is -0.117. The minimum Gasteiger partial charge on any atom is -0.309 e. The van der Waals surface area contributed by atoms with Crippen molar-refractivity contribution in [2.45, 2.75) is 13.0 Å². The lowest BCUT2D eigenvalue weighted by Crippen LogP contribution is -2.35. The standard InChI is InChI=1S/C8H10Cl2N4O/c1-4(11-2)7(15)13-6-3-5(9)12-8(10)14-6/h3-4,11H,1-2H3,(H,12,13,14,15). The molecule has 1 amide bonds. The summed E-state index contributed by atoms with van der Waals surface area (Å²) in [5.41, 5.74) is 0. The van der Waals surface area contributed by atoms with Gasteiger partial charge in [0, 0.05) is 6.07 Å². The van der Waals surface area contributed by atoms with Crippen LogP contribution in [0, 0.1) is 0 Å². The normalized spacial score (nSPS) is 12.3. The maximum absolute atomic E-state index is 11.4. The van der Waals surface area contributed by atoms with Crippen molar-refractivity contribution in [2.75, 3.05) is 12.4 Å². The first-order valence-electron chi connectivity index (χ1n) is 4.21. The zero-order valence-corrected chi connectivity index (χ0v) is 9.73. The summed E-state index contributed by atoms with van der Waals surface area (Å²) in [6, 6.07) is 1.10. The Bertz CT molecular complexity index is 351. The molecule has 0 spiro atoms. The summed E-state index contributed by atoms with van der Waals surface area (Å²) in [6.07, 6.45) is 0. The van der Waals surface area contributed by atoms with Gasteiger partial charge in [-0.2, -0.15) is 0 Å². The maximum Gasteiger partial charge on any atom is 0.242 e. The largest absolute Gasteiger partial charge is 0.309 e. The first-order chi connectivity index (χ1) is 7.02. The first kappa shape index (κ1) is 12.2. The van der Waals surface area contributed by atoms with Crippen LogP contribution in [0.1, 0.15) is 6.92 Å². The molecule has 0 aromatic carbocycles. The van der Waals surface area contributed by atoms with E-state index in [9.17, 15) is 4.79 Å². The Morgan fingerprint density at radius 1 is 1.47 bits per heavy atom. The van der Waals surface area contributed by atoms with Crippen molar-refractivity contribution in [3.63, 3.8) is 0 Å². The Morgan fingerprint density at radius 3 is 2.67 bits per heavy atom. The number of likely N-dealkylation sites (N-methyl/N-ethyl adjacent to an activating group) is 1. The van der Waals surface area contributed by atoms with Gasteiger partial charge in [0.15, 0.2) is 0 Å². The van der Waals surface area contributed by atoms with Gasteiger partial charge in [0.25, 0.3) is 0 Å². The average Bonchev–Trinajstić information content (AvgIpc) is 2.14. The van der Waals surface area contributed by atoms with Gasteiger partial charge in [-0.25, -0.2) is 9.97 Å². The van der Waals surface area contributed by atoms with Crippen molar-refractivity contribution in [1.29, 1.82) is 0 Å². The number of hydrogen-bond acceptors (Lipinski definition) is 4. The van der Waals surface area contributed by atoms with Crippen molar-refractivity contribution in [3.8, 4) is 0 Å². The smallest absolute Gasteiger partial charge is 0.242 e. The van der Waals surface area contributed by atoms with Crippen LogP contribution in [-0.2, 0) is 4.79 Å². The molecule has 2 N–H and O–H groups in total. The summed E-state index contributed by atoms with van der Waals surface area (Å²) < 4.78 is 0. The quantitative estimate of drug-likeness (QED) is 0.626. The van der Waals surface area contributed by atoms with Crippen molar-refractivity contribution < 1.29 is 4.79 Å². The van der Waals surface area contributed by atoms with Crippen LogP contribution in [0.4, 0.5) is 5.82 Å². The predicted octanol–water partition coefficient (Wildman–Crippen LogP) is 1.33. The maximum atomic E-state index is 11.4. The highest BCUT2D eigenvalue weighted by Crippen LogP contribution is 2.14. The van der Waals surface area contributed by atoms with Crippen LogP contribution >= 0.6 is 23.2 Å². The van der Waals surface area contributed by atoms with Gasteiger partial charge in [-0.3, -0.25) is 4.79 Å². The Balaban J connectivity index is 2.76. The molecule has 7 heteroatoms. The van der Waals surface area contributed by atoms with E-state index in [1.54, 1.807) is 14.0 Å². The molecule has 82 valence electrons. The van der Waals surface area contributed by atoms with Gasteiger partial charge in [0.1, 0.15) is 11.0 Å². The van der Waals surface area contributed by atoms with E-state index >= 15 is 0 Å². The van der Waals surface area contributed by atoms with E-state index in [4.69, 9.17) is 23.2 Å². The molecule has 1 atom stereocenters. The third-order valence-electron chi connectivity index (χ3n) is 1.75.